The zero-order valence-electron chi connectivity index (χ0n) is 12.7. The molecule has 120 valence electrons. The molecule has 0 aliphatic heterocycles. The van der Waals surface area contributed by atoms with Gasteiger partial charge in [0.15, 0.2) is 11.4 Å². The first-order valence-corrected chi connectivity index (χ1v) is 7.33. The molecule has 7 heteroatoms. The third kappa shape index (κ3) is 2.35. The minimum atomic E-state index is -1.04. The highest BCUT2D eigenvalue weighted by Gasteiger charge is 2.20. The van der Waals surface area contributed by atoms with Gasteiger partial charge in [-0.2, -0.15) is 9.61 Å². The van der Waals surface area contributed by atoms with Gasteiger partial charge in [0.25, 0.3) is 0 Å². The van der Waals surface area contributed by atoms with Crippen molar-refractivity contribution in [3.05, 3.63) is 71.6 Å². The standard InChI is InChI=1S/C17H13FN4O2/c1-10-20-16-13(15(23)11-4-2-5-12(18)8-11)9-19-22(16)17(21-10)14-6-3-7-24-14/h2-9,15,23H,1H3. The average Bonchev–Trinajstić information content (AvgIpc) is 3.23. The lowest BCUT2D eigenvalue weighted by atomic mass is 10.0. The van der Waals surface area contributed by atoms with Crippen molar-refractivity contribution in [1.29, 1.82) is 0 Å². The van der Waals surface area contributed by atoms with E-state index >= 15 is 0 Å². The maximum atomic E-state index is 13.4. The summed E-state index contributed by atoms with van der Waals surface area (Å²) in [7, 11) is 0. The Morgan fingerprint density at radius 3 is 2.83 bits per heavy atom. The van der Waals surface area contributed by atoms with E-state index in [1.165, 1.54) is 22.8 Å². The van der Waals surface area contributed by atoms with Crippen molar-refractivity contribution in [2.24, 2.45) is 0 Å². The molecule has 4 aromatic rings. The number of aliphatic hydroxyl groups is 1. The van der Waals surface area contributed by atoms with Crippen LogP contribution in [-0.4, -0.2) is 24.7 Å². The third-order valence-electron chi connectivity index (χ3n) is 3.71. The second-order valence-electron chi connectivity index (χ2n) is 5.36. The van der Waals surface area contributed by atoms with E-state index in [1.807, 2.05) is 0 Å². The molecule has 3 aromatic heterocycles. The highest BCUT2D eigenvalue weighted by molar-refractivity contribution is 5.57. The molecular formula is C17H13FN4O2. The van der Waals surface area contributed by atoms with Crippen molar-refractivity contribution in [2.45, 2.75) is 13.0 Å². The highest BCUT2D eigenvalue weighted by Crippen LogP contribution is 2.27. The molecule has 6 nitrogen and oxygen atoms in total. The molecule has 1 N–H and O–H groups in total. The summed E-state index contributed by atoms with van der Waals surface area (Å²) in [5.41, 5.74) is 1.35. The molecule has 0 aliphatic rings. The zero-order valence-corrected chi connectivity index (χ0v) is 12.7. The summed E-state index contributed by atoms with van der Waals surface area (Å²) in [6.07, 6.45) is 2.01. The summed E-state index contributed by atoms with van der Waals surface area (Å²) < 4.78 is 20.3. The van der Waals surface area contributed by atoms with Crippen molar-refractivity contribution in [3.8, 4) is 11.6 Å². The fraction of sp³-hybridized carbons (Fsp3) is 0.118. The van der Waals surface area contributed by atoms with Gasteiger partial charge in [0, 0.05) is 5.56 Å². The second kappa shape index (κ2) is 5.54. The van der Waals surface area contributed by atoms with Crippen molar-refractivity contribution in [2.75, 3.05) is 0 Å². The van der Waals surface area contributed by atoms with E-state index in [4.69, 9.17) is 4.42 Å². The molecule has 0 amide bonds. The molecular weight excluding hydrogens is 311 g/mol. The Labute approximate surface area is 136 Å². The van der Waals surface area contributed by atoms with Gasteiger partial charge in [-0.1, -0.05) is 12.1 Å². The van der Waals surface area contributed by atoms with E-state index in [0.717, 1.165) is 0 Å². The maximum Gasteiger partial charge on any atom is 0.200 e. The molecule has 24 heavy (non-hydrogen) atoms. The van der Waals surface area contributed by atoms with E-state index in [0.29, 0.717) is 34.2 Å². The molecule has 0 saturated heterocycles. The number of aliphatic hydroxyl groups excluding tert-OH is 1. The largest absolute Gasteiger partial charge is 0.461 e. The molecule has 0 spiro atoms. The summed E-state index contributed by atoms with van der Waals surface area (Å²) in [5.74, 6) is 1.13. The molecule has 0 bridgehead atoms. The Balaban J connectivity index is 1.89. The monoisotopic (exact) mass is 324 g/mol. The van der Waals surface area contributed by atoms with Crippen LogP contribution in [0.4, 0.5) is 4.39 Å². The molecule has 4 rings (SSSR count). The van der Waals surface area contributed by atoms with Gasteiger partial charge in [0.1, 0.15) is 17.7 Å². The van der Waals surface area contributed by atoms with E-state index in [2.05, 4.69) is 15.1 Å². The molecule has 0 radical (unpaired) electrons. The number of benzene rings is 1. The Morgan fingerprint density at radius 2 is 2.08 bits per heavy atom. The number of aryl methyl sites for hydroxylation is 1. The molecule has 0 aliphatic carbocycles. The van der Waals surface area contributed by atoms with Gasteiger partial charge in [-0.15, -0.1) is 0 Å². The van der Waals surface area contributed by atoms with Gasteiger partial charge in [0.2, 0.25) is 5.82 Å². The number of fused-ring (bicyclic) bond motifs is 1. The van der Waals surface area contributed by atoms with Crippen LogP contribution < -0.4 is 0 Å². The lowest BCUT2D eigenvalue weighted by Crippen LogP contribution is -2.05. The van der Waals surface area contributed by atoms with Crippen LogP contribution in [0.15, 0.2) is 53.3 Å². The van der Waals surface area contributed by atoms with Gasteiger partial charge >= 0.3 is 0 Å². The van der Waals surface area contributed by atoms with Gasteiger partial charge < -0.3 is 9.52 Å². The predicted octanol–water partition coefficient (Wildman–Crippen LogP) is 2.91. The summed E-state index contributed by atoms with van der Waals surface area (Å²) in [6, 6.07) is 9.34. The number of hydrogen-bond donors (Lipinski definition) is 1. The van der Waals surface area contributed by atoms with E-state index in [-0.39, 0.29) is 0 Å². The lowest BCUT2D eigenvalue weighted by molar-refractivity contribution is 0.221. The number of halogens is 1. The number of rotatable bonds is 3. The average molecular weight is 324 g/mol. The van der Waals surface area contributed by atoms with Crippen molar-refractivity contribution in [3.63, 3.8) is 0 Å². The fourth-order valence-corrected chi connectivity index (χ4v) is 2.61. The summed E-state index contributed by atoms with van der Waals surface area (Å²) in [4.78, 5) is 8.73. The summed E-state index contributed by atoms with van der Waals surface area (Å²) in [6.45, 7) is 1.75. The fourth-order valence-electron chi connectivity index (χ4n) is 2.61. The Bertz CT molecular complexity index is 1010. The van der Waals surface area contributed by atoms with Crippen LogP contribution >= 0.6 is 0 Å². The van der Waals surface area contributed by atoms with E-state index < -0.39 is 11.9 Å². The van der Waals surface area contributed by atoms with Crippen molar-refractivity contribution in [1.82, 2.24) is 19.6 Å². The van der Waals surface area contributed by atoms with Crippen LogP contribution in [0.25, 0.3) is 17.2 Å². The van der Waals surface area contributed by atoms with Gasteiger partial charge in [0.05, 0.1) is 12.5 Å². The first-order chi connectivity index (χ1) is 11.6. The zero-order chi connectivity index (χ0) is 16.7. The van der Waals surface area contributed by atoms with Gasteiger partial charge in [-0.25, -0.2) is 14.4 Å². The van der Waals surface area contributed by atoms with Crippen LogP contribution in [0.1, 0.15) is 23.1 Å². The topological polar surface area (TPSA) is 76.5 Å². The van der Waals surface area contributed by atoms with Crippen LogP contribution in [-0.2, 0) is 0 Å². The minimum absolute atomic E-state index is 0.412. The van der Waals surface area contributed by atoms with Gasteiger partial charge in [-0.05, 0) is 36.8 Å². The van der Waals surface area contributed by atoms with Gasteiger partial charge in [-0.3, -0.25) is 0 Å². The summed E-state index contributed by atoms with van der Waals surface area (Å²) >= 11 is 0. The quantitative estimate of drug-likeness (QED) is 0.627. The smallest absolute Gasteiger partial charge is 0.200 e. The lowest BCUT2D eigenvalue weighted by Gasteiger charge is -2.10. The Kier molecular flexibility index (Phi) is 3.35. The molecule has 1 unspecified atom stereocenters. The van der Waals surface area contributed by atoms with E-state index in [9.17, 15) is 9.50 Å². The predicted molar refractivity (Wildman–Crippen MR) is 83.7 cm³/mol. The van der Waals surface area contributed by atoms with Crippen LogP contribution in [0.2, 0.25) is 0 Å². The summed E-state index contributed by atoms with van der Waals surface area (Å²) in [5, 5.41) is 14.9. The molecule has 1 atom stereocenters. The SMILES string of the molecule is Cc1nc(-c2ccco2)n2ncc(C(O)c3cccc(F)c3)c2n1. The number of nitrogens with zero attached hydrogens (tertiary/aromatic N) is 4. The Hall–Kier alpha value is -3.06. The third-order valence-corrected chi connectivity index (χ3v) is 3.71. The van der Waals surface area contributed by atoms with Crippen LogP contribution in [0, 0.1) is 12.7 Å². The maximum absolute atomic E-state index is 13.4. The van der Waals surface area contributed by atoms with Crippen molar-refractivity contribution < 1.29 is 13.9 Å². The number of hydrogen-bond acceptors (Lipinski definition) is 5. The normalized spacial score (nSPS) is 12.6. The molecule has 0 fully saturated rings. The minimum Gasteiger partial charge on any atom is -0.461 e. The second-order valence-corrected chi connectivity index (χ2v) is 5.36. The number of aromatic nitrogens is 4. The first kappa shape index (κ1) is 14.5. The molecule has 1 aromatic carbocycles. The highest BCUT2D eigenvalue weighted by atomic mass is 19.1. The first-order valence-electron chi connectivity index (χ1n) is 7.33. The van der Waals surface area contributed by atoms with Crippen LogP contribution in [0.5, 0.6) is 0 Å². The molecule has 3 heterocycles. The Morgan fingerprint density at radius 1 is 1.21 bits per heavy atom. The van der Waals surface area contributed by atoms with Crippen LogP contribution in [0.3, 0.4) is 0 Å². The van der Waals surface area contributed by atoms with E-state index in [1.54, 1.807) is 37.5 Å². The number of furan rings is 1. The molecule has 0 saturated carbocycles. The van der Waals surface area contributed by atoms with Crippen molar-refractivity contribution >= 4 is 5.65 Å².